The quantitative estimate of drug-likeness (QED) is 0.265. The molecule has 1 aliphatic rings. The van der Waals surface area contributed by atoms with Gasteiger partial charge in [-0.05, 0) is 25.0 Å². The molecule has 12 nitrogen and oxygen atoms in total. The summed E-state index contributed by atoms with van der Waals surface area (Å²) in [6.45, 7) is 0.474. The second-order valence-electron chi connectivity index (χ2n) is 6.89. The zero-order valence-electron chi connectivity index (χ0n) is 17.0. The number of carbonyl (C=O) groups excluding carboxylic acids is 2. The lowest BCUT2D eigenvalue weighted by Crippen LogP contribution is -2.46. The van der Waals surface area contributed by atoms with Crippen molar-refractivity contribution in [3.8, 4) is 5.75 Å². The molecule has 1 aliphatic heterocycles. The van der Waals surface area contributed by atoms with E-state index in [1.807, 2.05) is 0 Å². The first-order valence-electron chi connectivity index (χ1n) is 9.81. The SMILES string of the molecule is NC(=O)CNC(=O)C1CCCN1c1ncnc(NCCOc2ccccc2Cl)c1[N+](=O)[O-]. The first kappa shape index (κ1) is 23.0. The summed E-state index contributed by atoms with van der Waals surface area (Å²) in [7, 11) is 0. The average Bonchev–Trinajstić information content (AvgIpc) is 3.25. The zero-order valence-corrected chi connectivity index (χ0v) is 17.7. The van der Waals surface area contributed by atoms with E-state index in [0.29, 0.717) is 30.2 Å². The number of hydrogen-bond donors (Lipinski definition) is 3. The summed E-state index contributed by atoms with van der Waals surface area (Å²) < 4.78 is 5.57. The third-order valence-electron chi connectivity index (χ3n) is 4.74. The molecule has 1 atom stereocenters. The molecule has 4 N–H and O–H groups in total. The number of amides is 2. The number of halogens is 1. The van der Waals surface area contributed by atoms with Crippen LogP contribution in [0.4, 0.5) is 17.3 Å². The molecule has 1 unspecified atom stereocenters. The van der Waals surface area contributed by atoms with Gasteiger partial charge in [0.05, 0.1) is 23.0 Å². The molecule has 0 spiro atoms. The van der Waals surface area contributed by atoms with E-state index >= 15 is 0 Å². The number of rotatable bonds is 10. The van der Waals surface area contributed by atoms with Crippen LogP contribution in [-0.2, 0) is 9.59 Å². The Labute approximate surface area is 188 Å². The molecule has 2 amide bonds. The van der Waals surface area contributed by atoms with Crippen LogP contribution < -0.4 is 26.0 Å². The lowest BCUT2D eigenvalue weighted by atomic mass is 10.2. The maximum absolute atomic E-state index is 12.5. The number of carbonyl (C=O) groups is 2. The minimum atomic E-state index is -0.709. The highest BCUT2D eigenvalue weighted by molar-refractivity contribution is 6.32. The Balaban J connectivity index is 1.72. The van der Waals surface area contributed by atoms with Gasteiger partial charge in [-0.3, -0.25) is 19.7 Å². The first-order chi connectivity index (χ1) is 15.4. The van der Waals surface area contributed by atoms with Gasteiger partial charge in [-0.25, -0.2) is 9.97 Å². The Morgan fingerprint density at radius 3 is 2.84 bits per heavy atom. The predicted octanol–water partition coefficient (Wildman–Crippen LogP) is 1.10. The van der Waals surface area contributed by atoms with Gasteiger partial charge in [0.2, 0.25) is 23.5 Å². The molecule has 32 heavy (non-hydrogen) atoms. The lowest BCUT2D eigenvalue weighted by Gasteiger charge is -2.24. The minimum absolute atomic E-state index is 0.00551. The monoisotopic (exact) mass is 463 g/mol. The summed E-state index contributed by atoms with van der Waals surface area (Å²) in [6.07, 6.45) is 2.28. The van der Waals surface area contributed by atoms with E-state index in [1.54, 1.807) is 29.2 Å². The van der Waals surface area contributed by atoms with E-state index in [2.05, 4.69) is 20.6 Å². The molecule has 0 saturated carbocycles. The number of hydrogen-bond acceptors (Lipinski definition) is 9. The summed E-state index contributed by atoms with van der Waals surface area (Å²) in [5, 5.41) is 17.6. The van der Waals surface area contributed by atoms with Gasteiger partial charge >= 0.3 is 5.69 Å². The summed E-state index contributed by atoms with van der Waals surface area (Å²) in [5.41, 5.74) is 4.72. The zero-order chi connectivity index (χ0) is 23.1. The van der Waals surface area contributed by atoms with Crippen molar-refractivity contribution in [3.63, 3.8) is 0 Å². The number of anilines is 2. The van der Waals surface area contributed by atoms with Crippen molar-refractivity contribution in [1.82, 2.24) is 15.3 Å². The number of aromatic nitrogens is 2. The van der Waals surface area contributed by atoms with E-state index in [0.717, 1.165) is 0 Å². The van der Waals surface area contributed by atoms with Crippen molar-refractivity contribution in [2.45, 2.75) is 18.9 Å². The Bertz CT molecular complexity index is 1010. The number of para-hydroxylation sites is 1. The van der Waals surface area contributed by atoms with E-state index < -0.39 is 22.8 Å². The van der Waals surface area contributed by atoms with Crippen LogP contribution in [0.3, 0.4) is 0 Å². The molecule has 1 aromatic heterocycles. The molecule has 0 bridgehead atoms. The molecule has 2 heterocycles. The number of nitrogens with one attached hydrogen (secondary N) is 2. The molecule has 3 rings (SSSR count). The highest BCUT2D eigenvalue weighted by Crippen LogP contribution is 2.35. The highest BCUT2D eigenvalue weighted by Gasteiger charge is 2.37. The summed E-state index contributed by atoms with van der Waals surface area (Å²) in [4.78, 5) is 44.3. The maximum atomic E-state index is 12.5. The molecule has 1 fully saturated rings. The number of primary amides is 1. The Morgan fingerprint density at radius 2 is 2.12 bits per heavy atom. The van der Waals surface area contributed by atoms with E-state index in [4.69, 9.17) is 22.1 Å². The molecular weight excluding hydrogens is 442 g/mol. The van der Waals surface area contributed by atoms with Crippen LogP contribution >= 0.6 is 11.6 Å². The number of benzene rings is 1. The van der Waals surface area contributed by atoms with E-state index in [1.165, 1.54) is 6.33 Å². The van der Waals surface area contributed by atoms with Crippen molar-refractivity contribution < 1.29 is 19.2 Å². The largest absolute Gasteiger partial charge is 0.490 e. The van der Waals surface area contributed by atoms with Gasteiger partial charge in [0.1, 0.15) is 24.7 Å². The van der Waals surface area contributed by atoms with Gasteiger partial charge in [0.15, 0.2) is 0 Å². The van der Waals surface area contributed by atoms with Crippen molar-refractivity contribution in [2.75, 3.05) is 36.5 Å². The Kier molecular flexibility index (Phi) is 7.60. The molecular formula is C19H22ClN7O5. The standard InChI is InChI=1S/C19H22ClN7O5/c20-12-4-1-2-6-14(12)32-9-7-22-17-16(27(30)31)18(25-11-24-17)26-8-3-5-13(26)19(29)23-10-15(21)28/h1-2,4,6,11,13H,3,5,7-10H2,(H2,21,28)(H,23,29)(H,22,24,25). The van der Waals surface area contributed by atoms with Crippen LogP contribution in [0, 0.1) is 10.1 Å². The van der Waals surface area contributed by atoms with Crippen LogP contribution in [0.5, 0.6) is 5.75 Å². The second kappa shape index (κ2) is 10.6. The Morgan fingerprint density at radius 1 is 1.34 bits per heavy atom. The van der Waals surface area contributed by atoms with Crippen molar-refractivity contribution in [3.05, 3.63) is 45.7 Å². The summed E-state index contributed by atoms with van der Waals surface area (Å²) >= 11 is 6.04. The van der Waals surface area contributed by atoms with Gasteiger partial charge in [0.25, 0.3) is 0 Å². The van der Waals surface area contributed by atoms with E-state index in [-0.39, 0.29) is 37.0 Å². The van der Waals surface area contributed by atoms with E-state index in [9.17, 15) is 19.7 Å². The number of nitrogens with zero attached hydrogens (tertiary/aromatic N) is 4. The van der Waals surface area contributed by atoms with Crippen LogP contribution in [0.15, 0.2) is 30.6 Å². The van der Waals surface area contributed by atoms with Crippen LogP contribution in [-0.4, -0.2) is 59.0 Å². The van der Waals surface area contributed by atoms with Crippen LogP contribution in [0.2, 0.25) is 5.02 Å². The molecule has 0 radical (unpaired) electrons. The third-order valence-corrected chi connectivity index (χ3v) is 5.05. The predicted molar refractivity (Wildman–Crippen MR) is 117 cm³/mol. The topological polar surface area (TPSA) is 166 Å². The van der Waals surface area contributed by atoms with Gasteiger partial charge in [-0.15, -0.1) is 0 Å². The molecule has 13 heteroatoms. The normalized spacial score (nSPS) is 15.3. The van der Waals surface area contributed by atoms with Gasteiger partial charge in [0, 0.05) is 6.54 Å². The number of nitrogens with two attached hydrogens (primary N) is 1. The fourth-order valence-electron chi connectivity index (χ4n) is 3.35. The summed E-state index contributed by atoms with van der Waals surface area (Å²) in [5.74, 6) is -0.601. The second-order valence-corrected chi connectivity index (χ2v) is 7.30. The molecule has 0 aliphatic carbocycles. The van der Waals surface area contributed by atoms with Crippen molar-refractivity contribution in [2.24, 2.45) is 5.73 Å². The van der Waals surface area contributed by atoms with Crippen LogP contribution in [0.1, 0.15) is 12.8 Å². The molecule has 1 aromatic carbocycles. The van der Waals surface area contributed by atoms with Gasteiger partial charge in [-0.2, -0.15) is 0 Å². The lowest BCUT2D eigenvalue weighted by molar-refractivity contribution is -0.383. The molecule has 170 valence electrons. The first-order valence-corrected chi connectivity index (χ1v) is 10.2. The smallest absolute Gasteiger partial charge is 0.353 e. The van der Waals surface area contributed by atoms with Crippen molar-refractivity contribution >= 4 is 40.7 Å². The number of ether oxygens (including phenoxy) is 1. The van der Waals surface area contributed by atoms with Gasteiger partial charge < -0.3 is 26.0 Å². The van der Waals surface area contributed by atoms with Gasteiger partial charge in [-0.1, -0.05) is 23.7 Å². The molecule has 1 saturated heterocycles. The van der Waals surface area contributed by atoms with Crippen LogP contribution in [0.25, 0.3) is 0 Å². The fourth-order valence-corrected chi connectivity index (χ4v) is 3.54. The fraction of sp³-hybridized carbons (Fsp3) is 0.368. The third kappa shape index (κ3) is 5.52. The molecule has 2 aromatic rings. The maximum Gasteiger partial charge on any atom is 0.353 e. The average molecular weight is 464 g/mol. The highest BCUT2D eigenvalue weighted by atomic mass is 35.5. The number of nitro groups is 1. The minimum Gasteiger partial charge on any atom is -0.490 e. The Hall–Kier alpha value is -3.67. The summed E-state index contributed by atoms with van der Waals surface area (Å²) in [6, 6.07) is 6.25. The van der Waals surface area contributed by atoms with Crippen molar-refractivity contribution in [1.29, 1.82) is 0 Å².